The van der Waals surface area contributed by atoms with Gasteiger partial charge in [0.2, 0.25) is 0 Å². The molecule has 5 nitrogen and oxygen atoms in total. The first-order chi connectivity index (χ1) is 9.60. The van der Waals surface area contributed by atoms with Crippen LogP contribution < -0.4 is 15.8 Å². The van der Waals surface area contributed by atoms with Crippen molar-refractivity contribution in [2.75, 3.05) is 32.6 Å². The number of carbonyl (C=O) groups is 1. The van der Waals surface area contributed by atoms with Crippen molar-refractivity contribution >= 4 is 23.2 Å². The summed E-state index contributed by atoms with van der Waals surface area (Å²) in [6, 6.07) is 3.07. The number of benzene rings is 1. The molecule has 1 aromatic rings. The number of rotatable bonds is 8. The molecule has 0 saturated heterocycles. The number of carbonyl (C=O) groups excluding carboxylic acids is 1. The number of hydrogen-bond acceptors (Lipinski definition) is 4. The summed E-state index contributed by atoms with van der Waals surface area (Å²) in [6.07, 6.45) is 1.77. The van der Waals surface area contributed by atoms with Gasteiger partial charge in [0.05, 0.1) is 23.4 Å². The van der Waals surface area contributed by atoms with Gasteiger partial charge in [-0.25, -0.2) is 0 Å². The highest BCUT2D eigenvalue weighted by Crippen LogP contribution is 2.28. The normalized spacial score (nSPS) is 10.3. The molecular formula is C14H21ClN2O3. The summed E-state index contributed by atoms with van der Waals surface area (Å²) < 4.78 is 10.4. The van der Waals surface area contributed by atoms with Crippen molar-refractivity contribution in [3.05, 3.63) is 22.7 Å². The van der Waals surface area contributed by atoms with Crippen molar-refractivity contribution in [1.29, 1.82) is 0 Å². The van der Waals surface area contributed by atoms with Crippen LogP contribution in [0.25, 0.3) is 0 Å². The minimum atomic E-state index is -0.222. The number of nitrogen functional groups attached to an aromatic ring is 1. The molecule has 0 aliphatic rings. The van der Waals surface area contributed by atoms with E-state index in [4.69, 9.17) is 26.8 Å². The molecule has 0 heterocycles. The number of nitrogens with two attached hydrogens (primary N) is 1. The summed E-state index contributed by atoms with van der Waals surface area (Å²) in [7, 11) is 1.49. The average Bonchev–Trinajstić information content (AvgIpc) is 2.44. The van der Waals surface area contributed by atoms with Crippen LogP contribution >= 0.6 is 11.6 Å². The molecule has 0 fully saturated rings. The maximum atomic E-state index is 12.1. The van der Waals surface area contributed by atoms with Crippen LogP contribution in [0, 0.1) is 0 Å². The van der Waals surface area contributed by atoms with Gasteiger partial charge in [-0.3, -0.25) is 4.79 Å². The van der Waals surface area contributed by atoms with E-state index in [2.05, 4.69) is 5.32 Å². The molecule has 20 heavy (non-hydrogen) atoms. The molecule has 0 unspecified atom stereocenters. The second kappa shape index (κ2) is 8.66. The minimum absolute atomic E-state index is 0.222. The number of unbranched alkanes of at least 4 members (excludes halogenated alkanes) is 1. The van der Waals surface area contributed by atoms with E-state index >= 15 is 0 Å². The molecule has 6 heteroatoms. The zero-order chi connectivity index (χ0) is 15.0. The van der Waals surface area contributed by atoms with Crippen molar-refractivity contribution in [2.24, 2.45) is 0 Å². The van der Waals surface area contributed by atoms with Crippen LogP contribution in [0.1, 0.15) is 30.1 Å². The third-order valence-electron chi connectivity index (χ3n) is 2.77. The van der Waals surface area contributed by atoms with Crippen molar-refractivity contribution in [3.8, 4) is 5.75 Å². The molecular weight excluding hydrogens is 280 g/mol. The Morgan fingerprint density at radius 1 is 1.40 bits per heavy atom. The highest BCUT2D eigenvalue weighted by molar-refractivity contribution is 6.33. The van der Waals surface area contributed by atoms with Crippen LogP contribution in [0.3, 0.4) is 0 Å². The molecule has 0 aromatic heterocycles. The Morgan fingerprint density at radius 3 is 2.80 bits per heavy atom. The van der Waals surface area contributed by atoms with E-state index in [0.717, 1.165) is 12.8 Å². The van der Waals surface area contributed by atoms with Crippen LogP contribution in [0.4, 0.5) is 5.69 Å². The SMILES string of the molecule is CCOCCCCNC(=O)c1cc(Cl)c(N)cc1OC. The number of amides is 1. The van der Waals surface area contributed by atoms with Gasteiger partial charge < -0.3 is 20.5 Å². The van der Waals surface area contributed by atoms with E-state index in [1.54, 1.807) is 6.07 Å². The molecule has 0 bridgehead atoms. The van der Waals surface area contributed by atoms with Crippen molar-refractivity contribution in [3.63, 3.8) is 0 Å². The lowest BCUT2D eigenvalue weighted by Crippen LogP contribution is -2.25. The van der Waals surface area contributed by atoms with E-state index in [1.807, 2.05) is 6.92 Å². The molecule has 0 radical (unpaired) electrons. The van der Waals surface area contributed by atoms with E-state index in [0.29, 0.717) is 41.8 Å². The number of nitrogens with one attached hydrogen (secondary N) is 1. The zero-order valence-corrected chi connectivity index (χ0v) is 12.6. The second-order valence-electron chi connectivity index (χ2n) is 4.23. The van der Waals surface area contributed by atoms with Gasteiger partial charge in [-0.1, -0.05) is 11.6 Å². The molecule has 0 atom stereocenters. The van der Waals surface area contributed by atoms with Crippen LogP contribution in [0.2, 0.25) is 5.02 Å². The topological polar surface area (TPSA) is 73.6 Å². The standard InChI is InChI=1S/C14H21ClN2O3/c1-3-20-7-5-4-6-17-14(18)10-8-11(15)12(16)9-13(10)19-2/h8-9H,3-7,16H2,1-2H3,(H,17,18). The lowest BCUT2D eigenvalue weighted by molar-refractivity contribution is 0.0946. The summed E-state index contributed by atoms with van der Waals surface area (Å²) in [5.74, 6) is 0.193. The molecule has 1 amide bonds. The summed E-state index contributed by atoms with van der Waals surface area (Å²) in [5.41, 5.74) is 6.45. The molecule has 112 valence electrons. The van der Waals surface area contributed by atoms with Crippen molar-refractivity contribution in [2.45, 2.75) is 19.8 Å². The highest BCUT2D eigenvalue weighted by Gasteiger charge is 2.14. The predicted octanol–water partition coefficient (Wildman–Crippen LogP) is 2.48. The first-order valence-corrected chi connectivity index (χ1v) is 6.96. The van der Waals surface area contributed by atoms with Crippen LogP contribution in [-0.2, 0) is 4.74 Å². The molecule has 3 N–H and O–H groups in total. The number of hydrogen-bond donors (Lipinski definition) is 2. The minimum Gasteiger partial charge on any atom is -0.496 e. The second-order valence-corrected chi connectivity index (χ2v) is 4.64. The van der Waals surface area contributed by atoms with Gasteiger partial charge in [-0.2, -0.15) is 0 Å². The molecule has 0 aliphatic heterocycles. The van der Waals surface area contributed by atoms with E-state index in [1.165, 1.54) is 13.2 Å². The Kier molecular flexibility index (Phi) is 7.18. The number of halogens is 1. The molecule has 1 rings (SSSR count). The van der Waals surface area contributed by atoms with Crippen LogP contribution in [-0.4, -0.2) is 32.8 Å². The van der Waals surface area contributed by atoms with Gasteiger partial charge in [0.1, 0.15) is 5.75 Å². The first-order valence-electron chi connectivity index (χ1n) is 6.59. The largest absolute Gasteiger partial charge is 0.496 e. The molecule has 1 aromatic carbocycles. The Balaban J connectivity index is 2.53. The van der Waals surface area contributed by atoms with Crippen LogP contribution in [0.15, 0.2) is 12.1 Å². The third-order valence-corrected chi connectivity index (χ3v) is 3.10. The fraction of sp³-hybridized carbons (Fsp3) is 0.500. The summed E-state index contributed by atoms with van der Waals surface area (Å²) in [6.45, 7) is 3.97. The molecule has 0 aliphatic carbocycles. The Morgan fingerprint density at radius 2 is 2.15 bits per heavy atom. The highest BCUT2D eigenvalue weighted by atomic mass is 35.5. The smallest absolute Gasteiger partial charge is 0.255 e. The van der Waals surface area contributed by atoms with Crippen LogP contribution in [0.5, 0.6) is 5.75 Å². The fourth-order valence-corrected chi connectivity index (χ4v) is 1.85. The maximum Gasteiger partial charge on any atom is 0.255 e. The quantitative estimate of drug-likeness (QED) is 0.571. The van der Waals surface area contributed by atoms with Gasteiger partial charge in [0, 0.05) is 25.8 Å². The monoisotopic (exact) mass is 300 g/mol. The summed E-state index contributed by atoms with van der Waals surface area (Å²) in [4.78, 5) is 12.1. The number of methoxy groups -OCH3 is 1. The summed E-state index contributed by atoms with van der Waals surface area (Å²) >= 11 is 5.93. The third kappa shape index (κ3) is 4.90. The lowest BCUT2D eigenvalue weighted by Gasteiger charge is -2.11. The van der Waals surface area contributed by atoms with Crippen molar-refractivity contribution in [1.82, 2.24) is 5.32 Å². The Labute approximate surface area is 124 Å². The van der Waals surface area contributed by atoms with Gasteiger partial charge >= 0.3 is 0 Å². The van der Waals surface area contributed by atoms with E-state index in [-0.39, 0.29) is 5.91 Å². The van der Waals surface area contributed by atoms with E-state index < -0.39 is 0 Å². The maximum absolute atomic E-state index is 12.1. The first kappa shape index (κ1) is 16.6. The predicted molar refractivity (Wildman–Crippen MR) is 80.5 cm³/mol. The van der Waals surface area contributed by atoms with Gasteiger partial charge in [-0.05, 0) is 25.8 Å². The lowest BCUT2D eigenvalue weighted by atomic mass is 10.1. The number of ether oxygens (including phenoxy) is 2. The Hall–Kier alpha value is -1.46. The van der Waals surface area contributed by atoms with E-state index in [9.17, 15) is 4.79 Å². The number of anilines is 1. The van der Waals surface area contributed by atoms with Gasteiger partial charge in [0.25, 0.3) is 5.91 Å². The van der Waals surface area contributed by atoms with Gasteiger partial charge in [0.15, 0.2) is 0 Å². The fourth-order valence-electron chi connectivity index (χ4n) is 1.69. The summed E-state index contributed by atoms with van der Waals surface area (Å²) in [5, 5.41) is 3.16. The zero-order valence-electron chi connectivity index (χ0n) is 11.9. The molecule has 0 saturated carbocycles. The average molecular weight is 301 g/mol. The van der Waals surface area contributed by atoms with Gasteiger partial charge in [-0.15, -0.1) is 0 Å². The molecule has 0 spiro atoms. The Bertz CT molecular complexity index is 452. The van der Waals surface area contributed by atoms with Crippen molar-refractivity contribution < 1.29 is 14.3 Å².